The molecule has 3 atom stereocenters. The van der Waals surface area contributed by atoms with E-state index in [0.717, 1.165) is 44.9 Å². The fourth-order valence-electron chi connectivity index (χ4n) is 6.31. The molecule has 0 bridgehead atoms. The van der Waals surface area contributed by atoms with Crippen LogP contribution >= 0.6 is 7.82 Å². The van der Waals surface area contributed by atoms with Crippen LogP contribution in [0.1, 0.15) is 194 Å². The number of hydrogen-bond acceptors (Lipinski definition) is 6. The van der Waals surface area contributed by atoms with Crippen LogP contribution in [-0.4, -0.2) is 68.5 Å². The number of rotatable bonds is 41. The Morgan fingerprint density at radius 1 is 0.625 bits per heavy atom. The van der Waals surface area contributed by atoms with Gasteiger partial charge in [-0.3, -0.25) is 9.36 Å². The summed E-state index contributed by atoms with van der Waals surface area (Å²) < 4.78 is 23.1. The number of hydrogen-bond donors (Lipinski definition) is 2. The quantitative estimate of drug-likeness (QED) is 0.0276. The van der Waals surface area contributed by atoms with Crippen molar-refractivity contribution in [3.8, 4) is 0 Å². The van der Waals surface area contributed by atoms with E-state index in [-0.39, 0.29) is 12.5 Å². The number of quaternary nitrogens is 1. The number of carbonyl (C=O) groups is 1. The predicted octanol–water partition coefficient (Wildman–Crippen LogP) is 12.2. The zero-order valence-corrected chi connectivity index (χ0v) is 38.0. The number of aliphatic hydroxyl groups excluding tert-OH is 1. The molecule has 0 saturated heterocycles. The Balaban J connectivity index is 4.17. The highest BCUT2D eigenvalue weighted by molar-refractivity contribution is 7.45. The summed E-state index contributed by atoms with van der Waals surface area (Å²) in [5, 5.41) is 13.7. The molecule has 0 aliphatic heterocycles. The second-order valence-corrected chi connectivity index (χ2v) is 18.2. The Hall–Kier alpha value is -1.54. The first-order valence-corrected chi connectivity index (χ1v) is 24.5. The number of aliphatic hydroxyl groups is 1. The van der Waals surface area contributed by atoms with Crippen LogP contribution < -0.4 is 10.2 Å². The molecule has 328 valence electrons. The summed E-state index contributed by atoms with van der Waals surface area (Å²) in [4.78, 5) is 25.2. The highest BCUT2D eigenvalue weighted by atomic mass is 31.2. The summed E-state index contributed by atoms with van der Waals surface area (Å²) in [7, 11) is 1.24. The molecule has 0 aromatic carbocycles. The van der Waals surface area contributed by atoms with Gasteiger partial charge in [-0.15, -0.1) is 0 Å². The number of amides is 1. The average Bonchev–Trinajstić information content (AvgIpc) is 3.15. The lowest BCUT2D eigenvalue weighted by molar-refractivity contribution is -0.870. The number of unbranched alkanes of at least 4 members (excludes halogenated alkanes) is 22. The van der Waals surface area contributed by atoms with Crippen molar-refractivity contribution in [3.63, 3.8) is 0 Å². The van der Waals surface area contributed by atoms with Crippen LogP contribution in [0.3, 0.4) is 0 Å². The molecule has 0 rings (SSSR count). The number of phosphoric ester groups is 1. The molecule has 0 aliphatic carbocycles. The number of likely N-dealkylation sites (N-methyl/N-ethyl adjacent to an activating group) is 1. The molecule has 0 radical (unpaired) electrons. The Labute approximate surface area is 346 Å². The number of carbonyl (C=O) groups excluding carboxylic acids is 1. The van der Waals surface area contributed by atoms with Crippen molar-refractivity contribution < 1.29 is 32.9 Å². The van der Waals surface area contributed by atoms with Gasteiger partial charge < -0.3 is 28.8 Å². The lowest BCUT2D eigenvalue weighted by Crippen LogP contribution is -2.45. The van der Waals surface area contributed by atoms with E-state index in [9.17, 15) is 19.4 Å². The summed E-state index contributed by atoms with van der Waals surface area (Å²) in [6.07, 6.45) is 49.0. The summed E-state index contributed by atoms with van der Waals surface area (Å²) in [6, 6.07) is -0.901. The number of nitrogens with one attached hydrogen (secondary N) is 1. The molecule has 2 N–H and O–H groups in total. The van der Waals surface area contributed by atoms with Gasteiger partial charge in [-0.2, -0.15) is 0 Å². The Bertz CT molecular complexity index is 1050. The van der Waals surface area contributed by atoms with Crippen LogP contribution in [0.25, 0.3) is 0 Å². The van der Waals surface area contributed by atoms with Crippen LogP contribution in [0.2, 0.25) is 0 Å². The van der Waals surface area contributed by atoms with Crippen LogP contribution in [0, 0.1) is 0 Å². The second kappa shape index (κ2) is 38.9. The van der Waals surface area contributed by atoms with Crippen molar-refractivity contribution in [1.29, 1.82) is 0 Å². The van der Waals surface area contributed by atoms with Gasteiger partial charge in [0, 0.05) is 6.42 Å². The zero-order valence-electron chi connectivity index (χ0n) is 37.1. The van der Waals surface area contributed by atoms with Crippen LogP contribution in [0.15, 0.2) is 48.6 Å². The molecule has 3 unspecified atom stereocenters. The fraction of sp³-hybridized carbons (Fsp3) is 0.809. The Morgan fingerprint density at radius 3 is 1.59 bits per heavy atom. The van der Waals surface area contributed by atoms with Gasteiger partial charge in [0.1, 0.15) is 13.2 Å². The fourth-order valence-corrected chi connectivity index (χ4v) is 7.04. The minimum atomic E-state index is -4.59. The lowest BCUT2D eigenvalue weighted by atomic mass is 10.0. The molecule has 1 amide bonds. The van der Waals surface area contributed by atoms with Gasteiger partial charge in [0.25, 0.3) is 7.82 Å². The highest BCUT2D eigenvalue weighted by Crippen LogP contribution is 2.38. The van der Waals surface area contributed by atoms with Gasteiger partial charge in [0.15, 0.2) is 0 Å². The topological polar surface area (TPSA) is 108 Å². The molecule has 56 heavy (non-hydrogen) atoms. The van der Waals surface area contributed by atoms with E-state index >= 15 is 0 Å². The van der Waals surface area contributed by atoms with Crippen LogP contribution in [-0.2, 0) is 18.4 Å². The van der Waals surface area contributed by atoms with Gasteiger partial charge in [0.2, 0.25) is 5.91 Å². The largest absolute Gasteiger partial charge is 0.756 e. The maximum absolute atomic E-state index is 12.8. The molecule has 0 aromatic heterocycles. The van der Waals surface area contributed by atoms with Gasteiger partial charge in [-0.25, -0.2) is 0 Å². The third-order valence-corrected chi connectivity index (χ3v) is 11.0. The van der Waals surface area contributed by atoms with E-state index in [2.05, 4.69) is 55.6 Å². The molecular formula is C47H89N2O6P. The molecule has 0 heterocycles. The third-order valence-electron chi connectivity index (χ3n) is 10.0. The Kier molecular flexibility index (Phi) is 37.9. The number of phosphoric acid groups is 1. The van der Waals surface area contributed by atoms with E-state index < -0.39 is 26.6 Å². The van der Waals surface area contributed by atoms with E-state index in [0.29, 0.717) is 17.4 Å². The smallest absolute Gasteiger partial charge is 0.268 e. The number of allylic oxidation sites excluding steroid dienone is 7. The molecule has 8 nitrogen and oxygen atoms in total. The van der Waals surface area contributed by atoms with E-state index in [1.54, 1.807) is 6.08 Å². The van der Waals surface area contributed by atoms with Crippen molar-refractivity contribution in [2.45, 2.75) is 206 Å². The van der Waals surface area contributed by atoms with Crippen molar-refractivity contribution in [2.75, 3.05) is 40.9 Å². The third kappa shape index (κ3) is 40.6. The predicted molar refractivity (Wildman–Crippen MR) is 238 cm³/mol. The average molecular weight is 809 g/mol. The summed E-state index contributed by atoms with van der Waals surface area (Å²) in [6.45, 7) is 4.55. The first kappa shape index (κ1) is 54.5. The monoisotopic (exact) mass is 809 g/mol. The van der Waals surface area contributed by atoms with Crippen LogP contribution in [0.5, 0.6) is 0 Å². The first-order chi connectivity index (χ1) is 27.0. The zero-order chi connectivity index (χ0) is 41.4. The van der Waals surface area contributed by atoms with Crippen molar-refractivity contribution in [1.82, 2.24) is 5.32 Å². The summed E-state index contributed by atoms with van der Waals surface area (Å²) in [5.41, 5.74) is 0. The SMILES string of the molecule is CCCCC/C=C/CC/C=C/C(O)C(COP(=O)([O-])OCC[N+](C)(C)C)NC(=O)CCCCCCCCCCCCCCC/C=C\C/C=C\CCCCCCC. The number of nitrogens with zero attached hydrogens (tertiary/aromatic N) is 1. The molecular weight excluding hydrogens is 719 g/mol. The standard InChI is InChI=1S/C47H89N2O6P/c1-6-8-10-12-14-16-17-18-19-20-21-22-23-24-25-26-27-28-29-30-31-33-35-37-39-41-47(51)48-45(44-55-56(52,53)54-43-42-49(3,4)5)46(50)40-38-36-34-32-15-13-11-9-7-2/h15,17-18,20-21,32,38,40,45-46,50H,6-14,16,19,22-31,33-37,39,41-44H2,1-5H3,(H-,48,51,52,53)/b18-17-,21-20-,32-15+,40-38+. The van der Waals surface area contributed by atoms with Crippen molar-refractivity contribution in [2.24, 2.45) is 0 Å². The maximum atomic E-state index is 12.8. The minimum Gasteiger partial charge on any atom is -0.756 e. The van der Waals surface area contributed by atoms with E-state index in [4.69, 9.17) is 9.05 Å². The van der Waals surface area contributed by atoms with Crippen molar-refractivity contribution >= 4 is 13.7 Å². The van der Waals surface area contributed by atoms with Crippen LogP contribution in [0.4, 0.5) is 0 Å². The van der Waals surface area contributed by atoms with Gasteiger partial charge >= 0.3 is 0 Å². The second-order valence-electron chi connectivity index (χ2n) is 16.7. The molecule has 0 fully saturated rings. The Morgan fingerprint density at radius 2 is 1.05 bits per heavy atom. The van der Waals surface area contributed by atoms with E-state index in [1.165, 1.54) is 128 Å². The summed E-state index contributed by atoms with van der Waals surface area (Å²) in [5.74, 6) is -0.212. The maximum Gasteiger partial charge on any atom is 0.268 e. The molecule has 0 aromatic rings. The van der Waals surface area contributed by atoms with Gasteiger partial charge in [-0.05, 0) is 64.2 Å². The summed E-state index contributed by atoms with van der Waals surface area (Å²) >= 11 is 0. The molecule has 0 aliphatic rings. The van der Waals surface area contributed by atoms with Gasteiger partial charge in [0.05, 0.1) is 39.9 Å². The molecule has 9 heteroatoms. The van der Waals surface area contributed by atoms with Gasteiger partial charge in [-0.1, -0.05) is 172 Å². The molecule has 0 saturated carbocycles. The van der Waals surface area contributed by atoms with Crippen molar-refractivity contribution in [3.05, 3.63) is 48.6 Å². The minimum absolute atomic E-state index is 0.00764. The molecule has 0 spiro atoms. The first-order valence-electron chi connectivity index (χ1n) is 23.0. The lowest BCUT2D eigenvalue weighted by Gasteiger charge is -2.29. The normalized spacial score (nSPS) is 14.8. The highest BCUT2D eigenvalue weighted by Gasteiger charge is 2.23. The van der Waals surface area contributed by atoms with E-state index in [1.807, 2.05) is 27.2 Å².